The van der Waals surface area contributed by atoms with E-state index in [2.05, 4.69) is 190 Å². The van der Waals surface area contributed by atoms with Gasteiger partial charge in [-0.2, -0.15) is 0 Å². The fraction of sp³-hybridized carbons (Fsp3) is 0.0588. The molecule has 0 spiro atoms. The normalized spacial score (nSPS) is 13.0. The van der Waals surface area contributed by atoms with Gasteiger partial charge in [0, 0.05) is 21.8 Å². The lowest BCUT2D eigenvalue weighted by atomic mass is 9.81. The molecule has 1 heterocycles. The van der Waals surface area contributed by atoms with Crippen molar-refractivity contribution in [2.45, 2.75) is 19.3 Å². The smallest absolute Gasteiger partial charge is 0.143 e. The third-order valence-electron chi connectivity index (χ3n) is 11.1. The number of hydrogen-bond donors (Lipinski definition) is 0. The van der Waals surface area contributed by atoms with Crippen LogP contribution >= 0.6 is 0 Å². The lowest BCUT2D eigenvalue weighted by molar-refractivity contribution is 0.653. The van der Waals surface area contributed by atoms with Crippen molar-refractivity contribution in [2.24, 2.45) is 0 Å². The van der Waals surface area contributed by atoms with Gasteiger partial charge in [-0.1, -0.05) is 153 Å². The Bertz CT molecular complexity index is 2740. The highest BCUT2D eigenvalue weighted by Crippen LogP contribution is 2.53. The zero-order valence-corrected chi connectivity index (χ0v) is 29.2. The molecule has 0 N–H and O–H groups in total. The Hall–Kier alpha value is -6.44. The average Bonchev–Trinajstić information content (AvgIpc) is 3.70. The van der Waals surface area contributed by atoms with Crippen molar-refractivity contribution >= 4 is 21.9 Å². The van der Waals surface area contributed by atoms with E-state index in [0.29, 0.717) is 0 Å². The van der Waals surface area contributed by atoms with Crippen LogP contribution < -0.4 is 0 Å². The van der Waals surface area contributed by atoms with E-state index < -0.39 is 0 Å². The zero-order valence-electron chi connectivity index (χ0n) is 29.2. The Morgan fingerprint density at radius 2 is 0.827 bits per heavy atom. The molecule has 1 aliphatic carbocycles. The fourth-order valence-corrected chi connectivity index (χ4v) is 8.33. The second kappa shape index (κ2) is 11.8. The maximum absolute atomic E-state index is 6.52. The van der Waals surface area contributed by atoms with Gasteiger partial charge in [-0.15, -0.1) is 0 Å². The van der Waals surface area contributed by atoms with Gasteiger partial charge in [-0.25, -0.2) is 0 Å². The van der Waals surface area contributed by atoms with Crippen LogP contribution in [0.15, 0.2) is 186 Å². The highest BCUT2D eigenvalue weighted by molar-refractivity contribution is 6.11. The summed E-state index contributed by atoms with van der Waals surface area (Å²) in [6.45, 7) is 4.68. The maximum Gasteiger partial charge on any atom is 0.143 e. The van der Waals surface area contributed by atoms with Crippen LogP contribution in [-0.2, 0) is 5.41 Å². The summed E-state index contributed by atoms with van der Waals surface area (Å²) in [5, 5.41) is 2.35. The molecular formula is C51H36O. The summed E-state index contributed by atoms with van der Waals surface area (Å²) in [4.78, 5) is 0. The van der Waals surface area contributed by atoms with E-state index in [9.17, 15) is 0 Å². The van der Waals surface area contributed by atoms with E-state index >= 15 is 0 Å². The number of rotatable bonds is 5. The van der Waals surface area contributed by atoms with Crippen LogP contribution in [0.2, 0.25) is 0 Å². The minimum absolute atomic E-state index is 0.146. The maximum atomic E-state index is 6.52. The standard InChI is InChI=1S/C51H36O/c1-51(2)46-26-25-44-43-21-9-10-22-48(43)52-50(44)49(46)45-24-23-39(32-47(45)51)37-19-11-17-35(27-37)36-18-12-20-38(28-36)42-30-40(33-13-5-3-6-14-33)29-41(31-42)34-15-7-4-8-16-34/h3-32H,1-2H3. The number of furan rings is 1. The summed E-state index contributed by atoms with van der Waals surface area (Å²) in [7, 11) is 0. The summed E-state index contributed by atoms with van der Waals surface area (Å²) < 4.78 is 6.52. The molecule has 0 unspecified atom stereocenters. The van der Waals surface area contributed by atoms with Gasteiger partial charge in [0.1, 0.15) is 11.2 Å². The van der Waals surface area contributed by atoms with Crippen molar-refractivity contribution in [1.29, 1.82) is 0 Å². The van der Waals surface area contributed by atoms with Crippen molar-refractivity contribution < 1.29 is 4.42 Å². The number of benzene rings is 8. The first kappa shape index (κ1) is 30.4. The third-order valence-corrected chi connectivity index (χ3v) is 11.1. The van der Waals surface area contributed by atoms with Crippen LogP contribution in [0.5, 0.6) is 0 Å². The van der Waals surface area contributed by atoms with Crippen LogP contribution in [-0.4, -0.2) is 0 Å². The molecule has 0 saturated carbocycles. The summed E-state index contributed by atoms with van der Waals surface area (Å²) in [5.41, 5.74) is 19.1. The Morgan fingerprint density at radius 3 is 1.44 bits per heavy atom. The molecular weight excluding hydrogens is 629 g/mol. The third kappa shape index (κ3) is 4.93. The van der Waals surface area contributed by atoms with Gasteiger partial charge < -0.3 is 4.42 Å². The summed E-state index contributed by atoms with van der Waals surface area (Å²) >= 11 is 0. The quantitative estimate of drug-likeness (QED) is 0.178. The van der Waals surface area contributed by atoms with Gasteiger partial charge >= 0.3 is 0 Å². The molecule has 9 aromatic rings. The number of fused-ring (bicyclic) bond motifs is 7. The summed E-state index contributed by atoms with van der Waals surface area (Å²) in [5.74, 6) is 0. The largest absolute Gasteiger partial charge is 0.455 e. The van der Waals surface area contributed by atoms with Gasteiger partial charge in [-0.05, 0) is 115 Å². The highest BCUT2D eigenvalue weighted by Gasteiger charge is 2.38. The second-order valence-electron chi connectivity index (χ2n) is 14.5. The van der Waals surface area contributed by atoms with Crippen molar-refractivity contribution in [3.8, 4) is 66.8 Å². The molecule has 0 saturated heterocycles. The first-order valence-corrected chi connectivity index (χ1v) is 18.1. The predicted octanol–water partition coefficient (Wildman–Crippen LogP) is 14.2. The molecule has 1 aliphatic rings. The van der Waals surface area contributed by atoms with E-state index in [1.165, 1.54) is 88.7 Å². The van der Waals surface area contributed by atoms with Crippen LogP contribution in [0.3, 0.4) is 0 Å². The predicted molar refractivity (Wildman–Crippen MR) is 218 cm³/mol. The monoisotopic (exact) mass is 664 g/mol. The molecule has 1 heteroatoms. The van der Waals surface area contributed by atoms with Crippen molar-refractivity contribution in [1.82, 2.24) is 0 Å². The van der Waals surface area contributed by atoms with E-state index in [1.54, 1.807) is 0 Å². The van der Waals surface area contributed by atoms with Crippen LogP contribution in [0.1, 0.15) is 25.0 Å². The van der Waals surface area contributed by atoms with Crippen molar-refractivity contribution in [3.63, 3.8) is 0 Å². The molecule has 52 heavy (non-hydrogen) atoms. The topological polar surface area (TPSA) is 13.1 Å². The average molecular weight is 665 g/mol. The van der Waals surface area contributed by atoms with E-state index in [1.807, 2.05) is 6.07 Å². The Kier molecular flexibility index (Phi) is 6.91. The Balaban J connectivity index is 1.04. The molecule has 10 rings (SSSR count). The van der Waals surface area contributed by atoms with Crippen LogP contribution in [0.4, 0.5) is 0 Å². The van der Waals surface area contributed by atoms with Gasteiger partial charge in [0.05, 0.1) is 0 Å². The lowest BCUT2D eigenvalue weighted by Crippen LogP contribution is -2.14. The minimum Gasteiger partial charge on any atom is -0.455 e. The SMILES string of the molecule is CC1(C)c2cc(-c3cccc(-c4cccc(-c5cc(-c6ccccc6)cc(-c6ccccc6)c5)c4)c3)ccc2-c2c1ccc1c2oc2ccccc21. The molecule has 0 fully saturated rings. The molecule has 0 atom stereocenters. The van der Waals surface area contributed by atoms with E-state index in [4.69, 9.17) is 4.42 Å². The van der Waals surface area contributed by atoms with Gasteiger partial charge in [0.25, 0.3) is 0 Å². The minimum atomic E-state index is -0.146. The molecule has 246 valence electrons. The first-order chi connectivity index (χ1) is 25.5. The molecule has 0 radical (unpaired) electrons. The fourth-order valence-electron chi connectivity index (χ4n) is 8.33. The van der Waals surface area contributed by atoms with Crippen molar-refractivity contribution in [2.75, 3.05) is 0 Å². The Labute approximate surface area is 304 Å². The molecule has 8 aromatic carbocycles. The van der Waals surface area contributed by atoms with Gasteiger partial charge in [-0.3, -0.25) is 0 Å². The van der Waals surface area contributed by atoms with Crippen molar-refractivity contribution in [3.05, 3.63) is 193 Å². The number of hydrogen-bond acceptors (Lipinski definition) is 1. The van der Waals surface area contributed by atoms with E-state index in [0.717, 1.165) is 11.2 Å². The van der Waals surface area contributed by atoms with Gasteiger partial charge in [0.15, 0.2) is 0 Å². The van der Waals surface area contributed by atoms with Crippen LogP contribution in [0.25, 0.3) is 88.7 Å². The lowest BCUT2D eigenvalue weighted by Gasteiger charge is -2.22. The molecule has 1 aromatic heterocycles. The number of para-hydroxylation sites is 1. The summed E-state index contributed by atoms with van der Waals surface area (Å²) in [6, 6.07) is 66.1. The second-order valence-corrected chi connectivity index (χ2v) is 14.5. The Morgan fingerprint density at radius 1 is 0.346 bits per heavy atom. The first-order valence-electron chi connectivity index (χ1n) is 18.1. The molecule has 0 bridgehead atoms. The van der Waals surface area contributed by atoms with E-state index in [-0.39, 0.29) is 5.41 Å². The molecule has 1 nitrogen and oxygen atoms in total. The molecule has 0 amide bonds. The van der Waals surface area contributed by atoms with Crippen LogP contribution in [0, 0.1) is 0 Å². The molecule has 0 aliphatic heterocycles. The van der Waals surface area contributed by atoms with Gasteiger partial charge in [0.2, 0.25) is 0 Å². The summed E-state index contributed by atoms with van der Waals surface area (Å²) in [6.07, 6.45) is 0. The highest BCUT2D eigenvalue weighted by atomic mass is 16.3. The zero-order chi connectivity index (χ0) is 34.8.